The number of hydrogen-bond acceptors (Lipinski definition) is 8. The van der Waals surface area contributed by atoms with Crippen LogP contribution in [0.3, 0.4) is 0 Å². The average Bonchev–Trinajstić information content (AvgIpc) is 3.53. The van der Waals surface area contributed by atoms with E-state index in [0.717, 1.165) is 22.4 Å². The minimum absolute atomic E-state index is 0.398. The predicted molar refractivity (Wildman–Crippen MR) is 107 cm³/mol. The zero-order valence-electron chi connectivity index (χ0n) is 15.6. The quantitative estimate of drug-likeness (QED) is 0.462. The predicted octanol–water partition coefficient (Wildman–Crippen LogP) is 3.56. The van der Waals surface area contributed by atoms with E-state index in [0.29, 0.717) is 29.6 Å². The Kier molecular flexibility index (Phi) is 4.67. The smallest absolute Gasteiger partial charge is 0.225 e. The van der Waals surface area contributed by atoms with Gasteiger partial charge >= 0.3 is 0 Å². The second-order valence-electron chi connectivity index (χ2n) is 6.35. The van der Waals surface area contributed by atoms with Crippen molar-refractivity contribution < 1.29 is 9.26 Å². The molecule has 0 saturated carbocycles. The largest absolute Gasteiger partial charge is 0.488 e. The van der Waals surface area contributed by atoms with Gasteiger partial charge in [-0.15, -0.1) is 10.2 Å². The number of nitrogens with one attached hydrogen (secondary N) is 1. The highest BCUT2D eigenvalue weighted by atomic mass is 16.5. The highest BCUT2D eigenvalue weighted by Gasteiger charge is 2.14. The van der Waals surface area contributed by atoms with Crippen LogP contribution in [0.4, 0.5) is 0 Å². The van der Waals surface area contributed by atoms with Gasteiger partial charge in [0.15, 0.2) is 5.76 Å². The van der Waals surface area contributed by atoms with Crippen LogP contribution >= 0.6 is 0 Å². The number of H-pyrrole nitrogens is 1. The zero-order valence-corrected chi connectivity index (χ0v) is 15.6. The number of para-hydroxylation sites is 1. The lowest BCUT2D eigenvalue weighted by Crippen LogP contribution is -1.98. The molecule has 1 N–H and O–H groups in total. The van der Waals surface area contributed by atoms with Crippen LogP contribution in [0.1, 0.15) is 5.56 Å². The summed E-state index contributed by atoms with van der Waals surface area (Å²) < 4.78 is 11.3. The van der Waals surface area contributed by atoms with Crippen molar-refractivity contribution in [2.45, 2.75) is 6.61 Å². The average molecular weight is 397 g/mol. The summed E-state index contributed by atoms with van der Waals surface area (Å²) in [5.41, 5.74) is 4.01. The van der Waals surface area contributed by atoms with Gasteiger partial charge in [0.05, 0.1) is 17.5 Å². The summed E-state index contributed by atoms with van der Waals surface area (Å²) in [6.45, 7) is 0.406. The zero-order chi connectivity index (χ0) is 20.2. The number of hydrogen-bond donors (Lipinski definition) is 1. The molecule has 0 radical (unpaired) electrons. The molecule has 0 bridgehead atoms. The Balaban J connectivity index is 1.36. The highest BCUT2D eigenvalue weighted by Crippen LogP contribution is 2.30. The summed E-state index contributed by atoms with van der Waals surface area (Å²) in [5, 5.41) is 17.8. The van der Waals surface area contributed by atoms with E-state index >= 15 is 0 Å². The summed E-state index contributed by atoms with van der Waals surface area (Å²) in [4.78, 5) is 8.78. The summed E-state index contributed by atoms with van der Waals surface area (Å²) in [6.07, 6.45) is 4.85. The molecule has 0 saturated heterocycles. The minimum atomic E-state index is 0.398. The van der Waals surface area contributed by atoms with E-state index in [1.54, 1.807) is 24.7 Å². The Hall–Kier alpha value is -4.40. The number of tetrazole rings is 1. The normalized spacial score (nSPS) is 10.8. The molecule has 2 aromatic carbocycles. The molecule has 0 fully saturated rings. The molecule has 5 aromatic rings. The molecule has 0 atom stereocenters. The number of nitrogens with zero attached hydrogens (tertiary/aromatic N) is 6. The van der Waals surface area contributed by atoms with Crippen molar-refractivity contribution in [3.63, 3.8) is 0 Å². The Morgan fingerprint density at radius 1 is 0.867 bits per heavy atom. The van der Waals surface area contributed by atoms with Crippen LogP contribution in [0.2, 0.25) is 0 Å². The molecule has 9 nitrogen and oxygen atoms in total. The van der Waals surface area contributed by atoms with E-state index in [9.17, 15) is 0 Å². The maximum absolute atomic E-state index is 6.03. The molecule has 0 aliphatic carbocycles. The second-order valence-corrected chi connectivity index (χ2v) is 6.35. The molecule has 30 heavy (non-hydrogen) atoms. The lowest BCUT2D eigenvalue weighted by Gasteiger charge is -2.10. The fourth-order valence-electron chi connectivity index (χ4n) is 3.05. The first-order valence-electron chi connectivity index (χ1n) is 9.15. The third kappa shape index (κ3) is 3.51. The van der Waals surface area contributed by atoms with Crippen molar-refractivity contribution >= 4 is 0 Å². The Labute approximate surface area is 170 Å². The first kappa shape index (κ1) is 17.7. The molecule has 0 aliphatic heterocycles. The van der Waals surface area contributed by atoms with Crippen molar-refractivity contribution in [3.8, 4) is 39.8 Å². The maximum atomic E-state index is 6.03. The van der Waals surface area contributed by atoms with E-state index in [-0.39, 0.29) is 0 Å². The molecular weight excluding hydrogens is 382 g/mol. The van der Waals surface area contributed by atoms with Crippen molar-refractivity contribution in [1.29, 1.82) is 0 Å². The molecule has 0 amide bonds. The number of benzene rings is 2. The standard InChI is InChI=1S/C21H15N7O2/c1-2-4-17(16(3-1)18-9-10-24-30-18)29-13-14-5-7-15(8-6-14)19-20(23-12-11-22-19)21-25-27-28-26-21/h1-12H,13H2,(H,25,26,27,28). The van der Waals surface area contributed by atoms with Gasteiger partial charge in [-0.05, 0) is 22.9 Å². The van der Waals surface area contributed by atoms with Crippen LogP contribution in [0.5, 0.6) is 5.75 Å². The summed E-state index contributed by atoms with van der Waals surface area (Å²) in [7, 11) is 0. The Bertz CT molecular complexity index is 1240. The molecule has 0 spiro atoms. The lowest BCUT2D eigenvalue weighted by molar-refractivity contribution is 0.306. The van der Waals surface area contributed by atoms with E-state index in [4.69, 9.17) is 9.26 Å². The SMILES string of the molecule is c1ccc(-c2ccno2)c(OCc2ccc(-c3nccnc3-c3nn[nH]n3)cc2)c1. The lowest BCUT2D eigenvalue weighted by atomic mass is 10.1. The minimum Gasteiger partial charge on any atom is -0.488 e. The van der Waals surface area contributed by atoms with Crippen molar-refractivity contribution in [1.82, 2.24) is 35.7 Å². The van der Waals surface area contributed by atoms with Crippen LogP contribution in [0, 0.1) is 0 Å². The molecule has 0 aliphatic rings. The highest BCUT2D eigenvalue weighted by molar-refractivity contribution is 5.74. The topological polar surface area (TPSA) is 116 Å². The maximum Gasteiger partial charge on any atom is 0.225 e. The van der Waals surface area contributed by atoms with Gasteiger partial charge in [-0.25, -0.2) is 4.98 Å². The third-order valence-electron chi connectivity index (χ3n) is 4.47. The van der Waals surface area contributed by atoms with Crippen LogP contribution < -0.4 is 4.74 Å². The van der Waals surface area contributed by atoms with Crippen LogP contribution in [-0.4, -0.2) is 35.7 Å². The Morgan fingerprint density at radius 2 is 1.70 bits per heavy atom. The molecule has 3 aromatic heterocycles. The first-order valence-corrected chi connectivity index (χ1v) is 9.15. The first-order chi connectivity index (χ1) is 14.9. The van der Waals surface area contributed by atoms with Gasteiger partial charge in [-0.2, -0.15) is 5.21 Å². The number of aromatic nitrogens is 7. The van der Waals surface area contributed by atoms with Gasteiger partial charge in [0, 0.05) is 24.0 Å². The number of ether oxygens (including phenoxy) is 1. The van der Waals surface area contributed by atoms with Crippen LogP contribution in [0.15, 0.2) is 77.7 Å². The molecule has 0 unspecified atom stereocenters. The molecule has 3 heterocycles. The summed E-state index contributed by atoms with van der Waals surface area (Å²) in [5.74, 6) is 1.79. The number of rotatable bonds is 6. The monoisotopic (exact) mass is 397 g/mol. The van der Waals surface area contributed by atoms with Crippen molar-refractivity contribution in [3.05, 3.63) is 78.8 Å². The Morgan fingerprint density at radius 3 is 2.47 bits per heavy atom. The van der Waals surface area contributed by atoms with Gasteiger partial charge in [0.2, 0.25) is 5.82 Å². The van der Waals surface area contributed by atoms with Gasteiger partial charge in [-0.1, -0.05) is 41.6 Å². The molecule has 5 rings (SSSR count). The summed E-state index contributed by atoms with van der Waals surface area (Å²) >= 11 is 0. The molecule has 146 valence electrons. The second kappa shape index (κ2) is 7.92. The fourth-order valence-corrected chi connectivity index (χ4v) is 3.05. The van der Waals surface area contributed by atoms with Crippen molar-refractivity contribution in [2.24, 2.45) is 0 Å². The van der Waals surface area contributed by atoms with Gasteiger partial charge in [-0.3, -0.25) is 4.98 Å². The van der Waals surface area contributed by atoms with E-state index in [1.165, 1.54) is 0 Å². The molecule has 9 heteroatoms. The van der Waals surface area contributed by atoms with Gasteiger partial charge < -0.3 is 9.26 Å². The van der Waals surface area contributed by atoms with Gasteiger partial charge in [0.1, 0.15) is 18.1 Å². The third-order valence-corrected chi connectivity index (χ3v) is 4.47. The van der Waals surface area contributed by atoms with Crippen LogP contribution in [0.25, 0.3) is 34.1 Å². The van der Waals surface area contributed by atoms with Crippen molar-refractivity contribution in [2.75, 3.05) is 0 Å². The number of aromatic amines is 1. The summed E-state index contributed by atoms with van der Waals surface area (Å²) in [6, 6.07) is 17.4. The van der Waals surface area contributed by atoms with E-state index in [1.807, 2.05) is 48.5 Å². The van der Waals surface area contributed by atoms with E-state index in [2.05, 4.69) is 35.7 Å². The van der Waals surface area contributed by atoms with Gasteiger partial charge in [0.25, 0.3) is 0 Å². The van der Waals surface area contributed by atoms with Crippen LogP contribution in [-0.2, 0) is 6.61 Å². The molecular formula is C21H15N7O2. The van der Waals surface area contributed by atoms with E-state index < -0.39 is 0 Å². The fraction of sp³-hybridized carbons (Fsp3) is 0.0476.